The van der Waals surface area contributed by atoms with Gasteiger partial charge in [-0.25, -0.2) is 0 Å². The van der Waals surface area contributed by atoms with Crippen LogP contribution in [0.1, 0.15) is 30.9 Å². The number of hydrogen-bond acceptors (Lipinski definition) is 1. The van der Waals surface area contributed by atoms with Crippen LogP contribution >= 0.6 is 0 Å². The van der Waals surface area contributed by atoms with E-state index in [0.717, 1.165) is 6.42 Å². The molecule has 1 rings (SSSR count). The van der Waals surface area contributed by atoms with E-state index < -0.39 is 23.5 Å². The lowest BCUT2D eigenvalue weighted by Gasteiger charge is -2.15. The van der Waals surface area contributed by atoms with Crippen LogP contribution in [-0.2, 0) is 12.4 Å². The van der Waals surface area contributed by atoms with E-state index in [1.54, 1.807) is 0 Å². The van der Waals surface area contributed by atoms with E-state index in [1.807, 2.05) is 6.92 Å². The lowest BCUT2D eigenvalue weighted by molar-refractivity contribution is -0.143. The Morgan fingerprint density at radius 1 is 0.895 bits per heavy atom. The van der Waals surface area contributed by atoms with Gasteiger partial charge in [0.25, 0.3) is 0 Å². The highest BCUT2D eigenvalue weighted by molar-refractivity contribution is 5.50. The molecule has 0 atom stereocenters. The van der Waals surface area contributed by atoms with Crippen LogP contribution in [0.25, 0.3) is 0 Å². The van der Waals surface area contributed by atoms with Gasteiger partial charge >= 0.3 is 12.4 Å². The lowest BCUT2D eigenvalue weighted by atomic mass is 10.1. The molecule has 0 saturated heterocycles. The van der Waals surface area contributed by atoms with E-state index in [4.69, 9.17) is 0 Å². The molecule has 108 valence electrons. The number of hydrogen-bond donors (Lipinski definition) is 1. The molecular formula is C12H13F6N. The van der Waals surface area contributed by atoms with Crippen molar-refractivity contribution >= 4 is 5.69 Å². The van der Waals surface area contributed by atoms with Gasteiger partial charge in [-0.3, -0.25) is 0 Å². The quantitative estimate of drug-likeness (QED) is 0.610. The molecule has 0 spiro atoms. The van der Waals surface area contributed by atoms with Gasteiger partial charge in [-0.15, -0.1) is 0 Å². The predicted molar refractivity (Wildman–Crippen MR) is 59.8 cm³/mol. The first-order chi connectivity index (χ1) is 8.64. The molecule has 0 radical (unpaired) electrons. The summed E-state index contributed by atoms with van der Waals surface area (Å²) in [7, 11) is 0. The molecule has 7 heteroatoms. The SMILES string of the molecule is CCCCNc1cc(C(F)(F)F)cc(C(F)(F)F)c1. The van der Waals surface area contributed by atoms with Crippen molar-refractivity contribution in [3.8, 4) is 0 Å². The van der Waals surface area contributed by atoms with Crippen molar-refractivity contribution < 1.29 is 26.3 Å². The smallest absolute Gasteiger partial charge is 0.385 e. The van der Waals surface area contributed by atoms with Crippen molar-refractivity contribution in [2.75, 3.05) is 11.9 Å². The monoisotopic (exact) mass is 285 g/mol. The zero-order valence-corrected chi connectivity index (χ0v) is 10.1. The fourth-order valence-corrected chi connectivity index (χ4v) is 1.47. The summed E-state index contributed by atoms with van der Waals surface area (Å²) in [5.74, 6) is 0. The van der Waals surface area contributed by atoms with E-state index >= 15 is 0 Å². The van der Waals surface area contributed by atoms with Crippen molar-refractivity contribution in [3.63, 3.8) is 0 Å². The number of anilines is 1. The first-order valence-electron chi connectivity index (χ1n) is 5.68. The van der Waals surface area contributed by atoms with Crippen molar-refractivity contribution in [2.45, 2.75) is 32.1 Å². The van der Waals surface area contributed by atoms with Gasteiger partial charge in [0, 0.05) is 12.2 Å². The summed E-state index contributed by atoms with van der Waals surface area (Å²) in [5.41, 5.74) is -2.78. The van der Waals surface area contributed by atoms with E-state index in [2.05, 4.69) is 5.32 Å². The van der Waals surface area contributed by atoms with Gasteiger partial charge in [0.1, 0.15) is 0 Å². The molecule has 0 unspecified atom stereocenters. The highest BCUT2D eigenvalue weighted by Crippen LogP contribution is 2.37. The Balaban J connectivity index is 3.10. The van der Waals surface area contributed by atoms with Gasteiger partial charge in [0.2, 0.25) is 0 Å². The fourth-order valence-electron chi connectivity index (χ4n) is 1.47. The highest BCUT2D eigenvalue weighted by Gasteiger charge is 2.36. The molecule has 0 heterocycles. The van der Waals surface area contributed by atoms with Crippen molar-refractivity contribution in [3.05, 3.63) is 29.3 Å². The molecular weight excluding hydrogens is 272 g/mol. The van der Waals surface area contributed by atoms with Crippen LogP contribution in [0, 0.1) is 0 Å². The Morgan fingerprint density at radius 3 is 1.74 bits per heavy atom. The second-order valence-corrected chi connectivity index (χ2v) is 4.07. The average Bonchev–Trinajstić information content (AvgIpc) is 2.27. The van der Waals surface area contributed by atoms with Crippen molar-refractivity contribution in [1.29, 1.82) is 0 Å². The third kappa shape index (κ3) is 4.65. The van der Waals surface area contributed by atoms with Gasteiger partial charge in [0.05, 0.1) is 11.1 Å². The van der Waals surface area contributed by atoms with Gasteiger partial charge in [-0.2, -0.15) is 26.3 Å². The number of benzene rings is 1. The first-order valence-corrected chi connectivity index (χ1v) is 5.68. The summed E-state index contributed by atoms with van der Waals surface area (Å²) in [5, 5.41) is 2.57. The Morgan fingerprint density at radius 2 is 1.37 bits per heavy atom. The van der Waals surface area contributed by atoms with Crippen LogP contribution < -0.4 is 5.32 Å². The maximum atomic E-state index is 12.5. The fraction of sp³-hybridized carbons (Fsp3) is 0.500. The van der Waals surface area contributed by atoms with Gasteiger partial charge in [-0.05, 0) is 24.6 Å². The summed E-state index contributed by atoms with van der Waals surface area (Å²) < 4.78 is 75.2. The van der Waals surface area contributed by atoms with E-state index in [0.29, 0.717) is 25.1 Å². The summed E-state index contributed by atoms with van der Waals surface area (Å²) >= 11 is 0. The number of alkyl halides is 6. The Hall–Kier alpha value is -1.40. The molecule has 1 N–H and O–H groups in total. The van der Waals surface area contributed by atoms with Crippen LogP contribution in [0.4, 0.5) is 32.0 Å². The molecule has 0 bridgehead atoms. The minimum Gasteiger partial charge on any atom is -0.385 e. The van der Waals surface area contributed by atoms with Crippen LogP contribution in [0.2, 0.25) is 0 Å². The summed E-state index contributed by atoms with van der Waals surface area (Å²) in [6, 6.07) is 1.49. The van der Waals surface area contributed by atoms with E-state index in [1.165, 1.54) is 0 Å². The zero-order chi connectivity index (χ0) is 14.7. The third-order valence-electron chi connectivity index (χ3n) is 2.45. The number of halogens is 6. The van der Waals surface area contributed by atoms with E-state index in [9.17, 15) is 26.3 Å². The predicted octanol–water partition coefficient (Wildman–Crippen LogP) is 4.94. The number of nitrogens with one attached hydrogen (secondary N) is 1. The summed E-state index contributed by atoms with van der Waals surface area (Å²) in [6.45, 7) is 2.20. The summed E-state index contributed by atoms with van der Waals surface area (Å²) in [4.78, 5) is 0. The van der Waals surface area contributed by atoms with Gasteiger partial charge in [-0.1, -0.05) is 13.3 Å². The first kappa shape index (κ1) is 15.7. The molecule has 0 amide bonds. The molecule has 1 aromatic rings. The van der Waals surface area contributed by atoms with Crippen LogP contribution in [-0.4, -0.2) is 6.54 Å². The second kappa shape index (κ2) is 5.71. The molecule has 0 fully saturated rings. The molecule has 1 aromatic carbocycles. The van der Waals surface area contributed by atoms with Crippen molar-refractivity contribution in [2.24, 2.45) is 0 Å². The summed E-state index contributed by atoms with van der Waals surface area (Å²) in [6.07, 6.45) is -8.15. The zero-order valence-electron chi connectivity index (χ0n) is 10.1. The minimum absolute atomic E-state index is 0.116. The molecule has 19 heavy (non-hydrogen) atoms. The average molecular weight is 285 g/mol. The molecule has 0 aromatic heterocycles. The molecule has 1 nitrogen and oxygen atoms in total. The van der Waals surface area contributed by atoms with Crippen LogP contribution in [0.3, 0.4) is 0 Å². The number of rotatable bonds is 4. The van der Waals surface area contributed by atoms with Gasteiger partial charge < -0.3 is 5.32 Å². The maximum absolute atomic E-state index is 12.5. The Kier molecular flexibility index (Phi) is 4.70. The Labute approximate surface area is 106 Å². The Bertz CT molecular complexity index is 389. The highest BCUT2D eigenvalue weighted by atomic mass is 19.4. The normalized spacial score (nSPS) is 12.6. The molecule has 0 aliphatic rings. The standard InChI is InChI=1S/C12H13F6N/c1-2-3-4-19-10-6-8(11(13,14)15)5-9(7-10)12(16,17)18/h5-7,19H,2-4H2,1H3. The maximum Gasteiger partial charge on any atom is 0.416 e. The van der Waals surface area contributed by atoms with Crippen molar-refractivity contribution in [1.82, 2.24) is 0 Å². The minimum atomic E-state index is -4.80. The third-order valence-corrected chi connectivity index (χ3v) is 2.45. The van der Waals surface area contributed by atoms with Crippen LogP contribution in [0.15, 0.2) is 18.2 Å². The molecule has 0 aliphatic carbocycles. The van der Waals surface area contributed by atoms with Crippen LogP contribution in [0.5, 0.6) is 0 Å². The largest absolute Gasteiger partial charge is 0.416 e. The number of unbranched alkanes of at least 4 members (excludes halogenated alkanes) is 1. The topological polar surface area (TPSA) is 12.0 Å². The molecule has 0 saturated carbocycles. The van der Waals surface area contributed by atoms with Gasteiger partial charge in [0.15, 0.2) is 0 Å². The van der Waals surface area contributed by atoms with E-state index in [-0.39, 0.29) is 11.8 Å². The molecule has 0 aliphatic heterocycles. The second-order valence-electron chi connectivity index (χ2n) is 4.07. The lowest BCUT2D eigenvalue weighted by Crippen LogP contribution is -2.12.